The third kappa shape index (κ3) is 5.46. The van der Waals surface area contributed by atoms with Gasteiger partial charge in [-0.05, 0) is 35.9 Å². The van der Waals surface area contributed by atoms with E-state index in [1.165, 1.54) is 63.4 Å². The maximum absolute atomic E-state index is 6.19. The molecular formula is C21H32N2. The average Bonchev–Trinajstić information content (AvgIpc) is 2.53. The lowest BCUT2D eigenvalue weighted by Crippen LogP contribution is -1.95. The average molecular weight is 313 g/mol. The zero-order valence-corrected chi connectivity index (χ0v) is 14.6. The summed E-state index contributed by atoms with van der Waals surface area (Å²) in [7, 11) is 0. The van der Waals surface area contributed by atoms with Crippen LogP contribution in [0.5, 0.6) is 0 Å². The second-order valence-electron chi connectivity index (χ2n) is 6.71. The highest BCUT2D eigenvalue weighted by Gasteiger charge is 2.04. The summed E-state index contributed by atoms with van der Waals surface area (Å²) < 4.78 is 0. The number of rotatable bonds is 10. The van der Waals surface area contributed by atoms with Crippen LogP contribution in [0.3, 0.4) is 0 Å². The molecule has 0 aliphatic rings. The Morgan fingerprint density at radius 1 is 0.739 bits per heavy atom. The van der Waals surface area contributed by atoms with Crippen LogP contribution >= 0.6 is 0 Å². The van der Waals surface area contributed by atoms with E-state index in [1.807, 2.05) is 12.1 Å². The first kappa shape index (κ1) is 17.7. The van der Waals surface area contributed by atoms with Gasteiger partial charge in [0.15, 0.2) is 0 Å². The number of hydrogen-bond acceptors (Lipinski definition) is 2. The van der Waals surface area contributed by atoms with Gasteiger partial charge in [0.25, 0.3) is 0 Å². The molecule has 0 heterocycles. The minimum absolute atomic E-state index is 0.773. The van der Waals surface area contributed by atoms with E-state index in [4.69, 9.17) is 11.5 Å². The number of unbranched alkanes of at least 4 members (excludes halogenated alkanes) is 8. The van der Waals surface area contributed by atoms with Gasteiger partial charge in [0, 0.05) is 16.8 Å². The quantitative estimate of drug-likeness (QED) is 0.413. The van der Waals surface area contributed by atoms with E-state index in [9.17, 15) is 0 Å². The monoisotopic (exact) mass is 312 g/mol. The van der Waals surface area contributed by atoms with Crippen LogP contribution in [-0.4, -0.2) is 0 Å². The number of fused-ring (bicyclic) bond motifs is 1. The normalized spacial score (nSPS) is 11.2. The van der Waals surface area contributed by atoms with Crippen molar-refractivity contribution in [2.45, 2.75) is 71.1 Å². The van der Waals surface area contributed by atoms with E-state index < -0.39 is 0 Å². The van der Waals surface area contributed by atoms with Crippen molar-refractivity contribution in [3.05, 3.63) is 35.9 Å². The molecule has 4 N–H and O–H groups in total. The number of nitrogens with two attached hydrogens (primary N) is 2. The largest absolute Gasteiger partial charge is 0.398 e. The highest BCUT2D eigenvalue weighted by Crippen LogP contribution is 2.29. The summed E-state index contributed by atoms with van der Waals surface area (Å²) >= 11 is 0. The first-order chi connectivity index (χ1) is 11.2. The van der Waals surface area contributed by atoms with E-state index in [0.29, 0.717) is 0 Å². The first-order valence-electron chi connectivity index (χ1n) is 9.29. The first-order valence-corrected chi connectivity index (χ1v) is 9.29. The molecule has 2 rings (SSSR count). The van der Waals surface area contributed by atoms with Gasteiger partial charge < -0.3 is 11.5 Å². The van der Waals surface area contributed by atoms with Crippen molar-refractivity contribution in [2.75, 3.05) is 11.5 Å². The molecule has 0 bridgehead atoms. The molecule has 2 heteroatoms. The Kier molecular flexibility index (Phi) is 7.25. The predicted molar refractivity (Wildman–Crippen MR) is 104 cm³/mol. The molecule has 126 valence electrons. The van der Waals surface area contributed by atoms with Crippen molar-refractivity contribution in [2.24, 2.45) is 0 Å². The Morgan fingerprint density at radius 2 is 1.39 bits per heavy atom. The number of aryl methyl sites for hydroxylation is 1. The predicted octanol–water partition coefficient (Wildman–Crippen LogP) is 6.08. The van der Waals surface area contributed by atoms with Crippen molar-refractivity contribution in [3.63, 3.8) is 0 Å². The number of nitrogen functional groups attached to an aromatic ring is 2. The molecule has 0 saturated carbocycles. The molecule has 2 aromatic rings. The molecule has 0 spiro atoms. The van der Waals surface area contributed by atoms with E-state index in [1.54, 1.807) is 0 Å². The topological polar surface area (TPSA) is 52.0 Å². The third-order valence-electron chi connectivity index (χ3n) is 4.67. The molecule has 0 radical (unpaired) electrons. The Balaban J connectivity index is 1.73. The molecular weight excluding hydrogens is 280 g/mol. The second kappa shape index (κ2) is 9.44. The summed E-state index contributed by atoms with van der Waals surface area (Å²) in [4.78, 5) is 0. The lowest BCUT2D eigenvalue weighted by molar-refractivity contribution is 0.565. The number of hydrogen-bond donors (Lipinski definition) is 2. The van der Waals surface area contributed by atoms with Crippen LogP contribution in [0.2, 0.25) is 0 Å². The van der Waals surface area contributed by atoms with E-state index in [-0.39, 0.29) is 0 Å². The molecule has 23 heavy (non-hydrogen) atoms. The van der Waals surface area contributed by atoms with Gasteiger partial charge in [-0.15, -0.1) is 0 Å². The van der Waals surface area contributed by atoms with Gasteiger partial charge in [0.2, 0.25) is 0 Å². The molecule has 0 amide bonds. The summed E-state index contributed by atoms with van der Waals surface area (Å²) in [6, 6.07) is 10.4. The van der Waals surface area contributed by atoms with Crippen molar-refractivity contribution >= 4 is 22.1 Å². The van der Waals surface area contributed by atoms with Crippen LogP contribution in [-0.2, 0) is 6.42 Å². The third-order valence-corrected chi connectivity index (χ3v) is 4.67. The summed E-state index contributed by atoms with van der Waals surface area (Å²) in [6.07, 6.45) is 13.4. The molecule has 0 aliphatic carbocycles. The van der Waals surface area contributed by atoms with Gasteiger partial charge in [0.1, 0.15) is 0 Å². The Labute approximate surface area is 141 Å². The summed E-state index contributed by atoms with van der Waals surface area (Å²) in [5.74, 6) is 0. The van der Waals surface area contributed by atoms with Gasteiger partial charge in [-0.3, -0.25) is 0 Å². The van der Waals surface area contributed by atoms with E-state index in [2.05, 4.69) is 25.1 Å². The smallest absolute Gasteiger partial charge is 0.0417 e. The summed E-state index contributed by atoms with van der Waals surface area (Å²) in [5.41, 5.74) is 15.1. The van der Waals surface area contributed by atoms with E-state index in [0.717, 1.165) is 28.6 Å². The molecule has 2 aromatic carbocycles. The highest BCUT2D eigenvalue weighted by atomic mass is 14.6. The molecule has 0 aromatic heterocycles. The van der Waals surface area contributed by atoms with Crippen molar-refractivity contribution in [3.8, 4) is 0 Å². The molecule has 2 nitrogen and oxygen atoms in total. The highest BCUT2D eigenvalue weighted by molar-refractivity contribution is 6.01. The minimum atomic E-state index is 0.773. The van der Waals surface area contributed by atoms with Crippen LogP contribution in [0.1, 0.15) is 70.3 Å². The summed E-state index contributed by atoms with van der Waals surface area (Å²) in [6.45, 7) is 2.27. The Morgan fingerprint density at radius 3 is 2.09 bits per heavy atom. The maximum atomic E-state index is 6.19. The fraction of sp³-hybridized carbons (Fsp3) is 0.524. The second-order valence-corrected chi connectivity index (χ2v) is 6.71. The lowest BCUT2D eigenvalue weighted by Gasteiger charge is -2.09. The van der Waals surface area contributed by atoms with E-state index >= 15 is 0 Å². The SMILES string of the molecule is CCCCCCCCCCCc1cc(N)c2c(N)cccc2c1. The molecule has 0 fully saturated rings. The fourth-order valence-corrected chi connectivity index (χ4v) is 3.34. The zero-order valence-electron chi connectivity index (χ0n) is 14.6. The van der Waals surface area contributed by atoms with Gasteiger partial charge in [0.05, 0.1) is 0 Å². The zero-order chi connectivity index (χ0) is 16.5. The van der Waals surface area contributed by atoms with Gasteiger partial charge in [-0.1, -0.05) is 76.5 Å². The van der Waals surface area contributed by atoms with Gasteiger partial charge in [-0.25, -0.2) is 0 Å². The van der Waals surface area contributed by atoms with Crippen LogP contribution in [0, 0.1) is 0 Å². The Bertz CT molecular complexity index is 604. The number of anilines is 2. The van der Waals surface area contributed by atoms with Crippen molar-refractivity contribution in [1.29, 1.82) is 0 Å². The van der Waals surface area contributed by atoms with Crippen molar-refractivity contribution in [1.82, 2.24) is 0 Å². The molecule has 0 unspecified atom stereocenters. The summed E-state index contributed by atoms with van der Waals surface area (Å²) in [5, 5.41) is 2.17. The van der Waals surface area contributed by atoms with Gasteiger partial charge >= 0.3 is 0 Å². The standard InChI is InChI=1S/C21H32N2/c1-2-3-4-5-6-7-8-9-10-12-17-15-18-13-11-14-19(22)21(18)20(23)16-17/h11,13-16H,2-10,12,22-23H2,1H3. The lowest BCUT2D eigenvalue weighted by atomic mass is 9.99. The molecule has 0 aliphatic heterocycles. The minimum Gasteiger partial charge on any atom is -0.398 e. The maximum Gasteiger partial charge on any atom is 0.0417 e. The molecule has 0 saturated heterocycles. The molecule has 0 atom stereocenters. The number of benzene rings is 2. The van der Waals surface area contributed by atoms with Gasteiger partial charge in [-0.2, -0.15) is 0 Å². The van der Waals surface area contributed by atoms with Crippen LogP contribution in [0.25, 0.3) is 10.8 Å². The van der Waals surface area contributed by atoms with Crippen molar-refractivity contribution < 1.29 is 0 Å². The van der Waals surface area contributed by atoms with Crippen LogP contribution in [0.15, 0.2) is 30.3 Å². The van der Waals surface area contributed by atoms with Crippen LogP contribution < -0.4 is 11.5 Å². The van der Waals surface area contributed by atoms with Crippen LogP contribution in [0.4, 0.5) is 11.4 Å². The fourth-order valence-electron chi connectivity index (χ4n) is 3.34. The Hall–Kier alpha value is -1.70.